The van der Waals surface area contributed by atoms with Gasteiger partial charge in [0, 0.05) is 45.6 Å². The van der Waals surface area contributed by atoms with Crippen LogP contribution >= 0.6 is 0 Å². The Bertz CT molecular complexity index is 716. The molecule has 0 unspecified atom stereocenters. The SMILES string of the molecule is COCCN1CC[C@]2(CN(C(=O)Cn3ccccc3=O)C[C@H]2C)C1=O. The highest BCUT2D eigenvalue weighted by Gasteiger charge is 2.55. The smallest absolute Gasteiger partial charge is 0.250 e. The van der Waals surface area contributed by atoms with Crippen molar-refractivity contribution in [3.8, 4) is 0 Å². The molecule has 2 aliphatic heterocycles. The van der Waals surface area contributed by atoms with Crippen LogP contribution in [0.2, 0.25) is 0 Å². The Morgan fingerprint density at radius 3 is 2.88 bits per heavy atom. The van der Waals surface area contributed by atoms with E-state index >= 15 is 0 Å². The summed E-state index contributed by atoms with van der Waals surface area (Å²) in [7, 11) is 1.63. The zero-order valence-electron chi connectivity index (χ0n) is 14.8. The molecule has 7 heteroatoms. The molecular formula is C18H25N3O4. The van der Waals surface area contributed by atoms with E-state index in [2.05, 4.69) is 0 Å². The monoisotopic (exact) mass is 347 g/mol. The van der Waals surface area contributed by atoms with Gasteiger partial charge in [-0.15, -0.1) is 0 Å². The molecule has 1 aromatic heterocycles. The maximum atomic E-state index is 12.9. The topological polar surface area (TPSA) is 71.8 Å². The fourth-order valence-corrected chi connectivity index (χ4v) is 3.97. The van der Waals surface area contributed by atoms with E-state index in [1.165, 1.54) is 10.6 Å². The molecule has 0 saturated carbocycles. The summed E-state index contributed by atoms with van der Waals surface area (Å²) in [6, 6.07) is 4.83. The van der Waals surface area contributed by atoms with Crippen LogP contribution in [0.15, 0.2) is 29.2 Å². The summed E-state index contributed by atoms with van der Waals surface area (Å²) in [6.45, 7) is 4.89. The van der Waals surface area contributed by atoms with Gasteiger partial charge in [-0.1, -0.05) is 13.0 Å². The van der Waals surface area contributed by atoms with Crippen LogP contribution in [0.25, 0.3) is 0 Å². The molecule has 2 saturated heterocycles. The minimum Gasteiger partial charge on any atom is -0.383 e. The summed E-state index contributed by atoms with van der Waals surface area (Å²) in [5.74, 6) is 0.133. The Hall–Kier alpha value is -2.15. The molecule has 3 rings (SSSR count). The number of rotatable bonds is 5. The van der Waals surface area contributed by atoms with Crippen molar-refractivity contribution in [2.45, 2.75) is 19.9 Å². The molecule has 2 amide bonds. The predicted molar refractivity (Wildman–Crippen MR) is 92.0 cm³/mol. The molecule has 0 aromatic carbocycles. The van der Waals surface area contributed by atoms with Crippen LogP contribution in [0.3, 0.4) is 0 Å². The fraction of sp³-hybridized carbons (Fsp3) is 0.611. The third kappa shape index (κ3) is 3.20. The van der Waals surface area contributed by atoms with Gasteiger partial charge in [0.05, 0.1) is 12.0 Å². The number of aromatic nitrogens is 1. The Kier molecular flexibility index (Phi) is 4.94. The third-order valence-corrected chi connectivity index (χ3v) is 5.57. The van der Waals surface area contributed by atoms with Gasteiger partial charge in [0.25, 0.3) is 5.56 Å². The van der Waals surface area contributed by atoms with Crippen molar-refractivity contribution in [3.05, 3.63) is 34.7 Å². The van der Waals surface area contributed by atoms with Crippen molar-refractivity contribution < 1.29 is 14.3 Å². The summed E-state index contributed by atoms with van der Waals surface area (Å²) in [4.78, 5) is 40.9. The normalized spacial score (nSPS) is 26.0. The van der Waals surface area contributed by atoms with E-state index in [0.717, 1.165) is 6.42 Å². The van der Waals surface area contributed by atoms with Gasteiger partial charge in [-0.2, -0.15) is 0 Å². The van der Waals surface area contributed by atoms with Crippen molar-refractivity contribution >= 4 is 11.8 Å². The Labute approximate surface area is 147 Å². The van der Waals surface area contributed by atoms with Gasteiger partial charge >= 0.3 is 0 Å². The first-order valence-electron chi connectivity index (χ1n) is 8.69. The van der Waals surface area contributed by atoms with Gasteiger partial charge in [0.15, 0.2) is 0 Å². The number of carbonyl (C=O) groups excluding carboxylic acids is 2. The van der Waals surface area contributed by atoms with Crippen LogP contribution in [0.1, 0.15) is 13.3 Å². The first-order chi connectivity index (χ1) is 12.0. The third-order valence-electron chi connectivity index (χ3n) is 5.57. The lowest BCUT2D eigenvalue weighted by molar-refractivity contribution is -0.138. The zero-order valence-corrected chi connectivity index (χ0v) is 14.8. The van der Waals surface area contributed by atoms with Crippen molar-refractivity contribution in [2.75, 3.05) is 39.9 Å². The Morgan fingerprint density at radius 2 is 2.16 bits per heavy atom. The molecule has 0 bridgehead atoms. The van der Waals surface area contributed by atoms with E-state index in [1.54, 1.807) is 30.3 Å². The number of hydrogen-bond donors (Lipinski definition) is 0. The molecule has 25 heavy (non-hydrogen) atoms. The summed E-state index contributed by atoms with van der Waals surface area (Å²) in [5.41, 5.74) is -0.675. The van der Waals surface area contributed by atoms with Gasteiger partial charge < -0.3 is 19.1 Å². The molecule has 2 aliphatic rings. The van der Waals surface area contributed by atoms with Crippen LogP contribution in [-0.2, 0) is 20.9 Å². The number of ether oxygens (including phenoxy) is 1. The minimum absolute atomic E-state index is 0.0179. The highest BCUT2D eigenvalue weighted by atomic mass is 16.5. The van der Waals surface area contributed by atoms with Gasteiger partial charge in [-0.05, 0) is 18.4 Å². The second kappa shape index (κ2) is 7.00. The van der Waals surface area contributed by atoms with E-state index in [0.29, 0.717) is 32.8 Å². The second-order valence-corrected chi connectivity index (χ2v) is 7.03. The average molecular weight is 347 g/mol. The van der Waals surface area contributed by atoms with Crippen LogP contribution in [0.4, 0.5) is 0 Å². The van der Waals surface area contributed by atoms with Gasteiger partial charge in [0.2, 0.25) is 11.8 Å². The van der Waals surface area contributed by atoms with E-state index in [9.17, 15) is 14.4 Å². The van der Waals surface area contributed by atoms with Crippen LogP contribution < -0.4 is 5.56 Å². The first-order valence-corrected chi connectivity index (χ1v) is 8.69. The quantitative estimate of drug-likeness (QED) is 0.762. The molecule has 3 heterocycles. The summed E-state index contributed by atoms with van der Waals surface area (Å²) in [5, 5.41) is 0. The lowest BCUT2D eigenvalue weighted by Gasteiger charge is -2.26. The molecule has 0 aliphatic carbocycles. The number of pyridine rings is 1. The van der Waals surface area contributed by atoms with Crippen LogP contribution in [-0.4, -0.2) is 66.1 Å². The molecule has 1 spiro atoms. The molecular weight excluding hydrogens is 322 g/mol. The lowest BCUT2D eigenvalue weighted by atomic mass is 9.78. The summed E-state index contributed by atoms with van der Waals surface area (Å²) < 4.78 is 6.48. The highest BCUT2D eigenvalue weighted by molar-refractivity contribution is 5.87. The Balaban J connectivity index is 1.69. The van der Waals surface area contributed by atoms with Crippen molar-refractivity contribution in [1.29, 1.82) is 0 Å². The number of carbonyl (C=O) groups is 2. The minimum atomic E-state index is -0.481. The molecule has 0 radical (unpaired) electrons. The molecule has 0 N–H and O–H groups in total. The van der Waals surface area contributed by atoms with Crippen LogP contribution in [0.5, 0.6) is 0 Å². The number of amides is 2. The van der Waals surface area contributed by atoms with Gasteiger partial charge in [-0.3, -0.25) is 14.4 Å². The molecule has 136 valence electrons. The maximum absolute atomic E-state index is 12.9. The highest BCUT2D eigenvalue weighted by Crippen LogP contribution is 2.44. The first kappa shape index (κ1) is 17.7. The zero-order chi connectivity index (χ0) is 18.0. The number of nitrogens with zero attached hydrogens (tertiary/aromatic N) is 3. The molecule has 7 nitrogen and oxygen atoms in total. The average Bonchev–Trinajstić information content (AvgIpc) is 3.10. The Morgan fingerprint density at radius 1 is 1.36 bits per heavy atom. The molecule has 2 fully saturated rings. The van der Waals surface area contributed by atoms with E-state index < -0.39 is 5.41 Å². The van der Waals surface area contributed by atoms with E-state index in [4.69, 9.17) is 4.74 Å². The van der Waals surface area contributed by atoms with E-state index in [-0.39, 0.29) is 29.8 Å². The summed E-state index contributed by atoms with van der Waals surface area (Å²) in [6.07, 6.45) is 2.38. The largest absolute Gasteiger partial charge is 0.383 e. The molecule has 1 aromatic rings. The predicted octanol–water partition coefficient (Wildman–Crippen LogP) is 0.192. The fourth-order valence-electron chi connectivity index (χ4n) is 3.97. The molecule has 2 atom stereocenters. The van der Waals surface area contributed by atoms with Gasteiger partial charge in [0.1, 0.15) is 6.54 Å². The second-order valence-electron chi connectivity index (χ2n) is 7.03. The summed E-state index contributed by atoms with van der Waals surface area (Å²) >= 11 is 0. The standard InChI is InChI=1S/C18H25N3O4/c1-14-11-21(16(23)12-20-7-4-3-5-15(20)22)13-18(14)6-8-19(17(18)24)9-10-25-2/h3-5,7,14H,6,8-13H2,1-2H3/t14-,18-/m1/s1. The maximum Gasteiger partial charge on any atom is 0.250 e. The van der Waals surface area contributed by atoms with Crippen LogP contribution in [0, 0.1) is 11.3 Å². The van der Waals surface area contributed by atoms with Crippen molar-refractivity contribution in [2.24, 2.45) is 11.3 Å². The number of likely N-dealkylation sites (tertiary alicyclic amines) is 2. The van der Waals surface area contributed by atoms with Crippen molar-refractivity contribution in [1.82, 2.24) is 14.4 Å². The number of methoxy groups -OCH3 is 1. The van der Waals surface area contributed by atoms with Crippen molar-refractivity contribution in [3.63, 3.8) is 0 Å². The van der Waals surface area contributed by atoms with E-state index in [1.807, 2.05) is 11.8 Å². The lowest BCUT2D eigenvalue weighted by Crippen LogP contribution is -2.41. The number of hydrogen-bond acceptors (Lipinski definition) is 4. The van der Waals surface area contributed by atoms with Gasteiger partial charge in [-0.25, -0.2) is 0 Å².